The van der Waals surface area contributed by atoms with E-state index in [1.165, 1.54) is 4.88 Å². The molecule has 2 nitrogen and oxygen atoms in total. The Morgan fingerprint density at radius 3 is 2.60 bits per heavy atom. The van der Waals surface area contributed by atoms with E-state index in [-0.39, 0.29) is 0 Å². The molecule has 0 atom stereocenters. The predicted octanol–water partition coefficient (Wildman–Crippen LogP) is 2.46. The van der Waals surface area contributed by atoms with E-state index < -0.39 is 12.3 Å². The molecule has 0 N–H and O–H groups in total. The third-order valence-electron chi connectivity index (χ3n) is 2.71. The molecule has 1 fully saturated rings. The van der Waals surface area contributed by atoms with Gasteiger partial charge in [0.2, 0.25) is 6.43 Å². The van der Waals surface area contributed by atoms with Crippen molar-refractivity contribution in [3.05, 3.63) is 15.6 Å². The van der Waals surface area contributed by atoms with Crippen LogP contribution in [0.5, 0.6) is 0 Å². The number of aromatic nitrogens is 1. The lowest BCUT2D eigenvalue weighted by molar-refractivity contribution is -0.0275. The minimum atomic E-state index is -2.16. The van der Waals surface area contributed by atoms with Crippen LogP contribution in [-0.4, -0.2) is 29.4 Å². The minimum Gasteiger partial charge on any atom is -0.297 e. The fourth-order valence-electron chi connectivity index (χ4n) is 1.82. The van der Waals surface area contributed by atoms with Crippen LogP contribution in [0.4, 0.5) is 8.78 Å². The third kappa shape index (κ3) is 2.34. The van der Waals surface area contributed by atoms with Gasteiger partial charge in [0.05, 0.1) is 10.7 Å². The molecule has 0 aliphatic carbocycles. The molecule has 1 saturated heterocycles. The van der Waals surface area contributed by atoms with E-state index in [0.29, 0.717) is 13.1 Å². The average Bonchev–Trinajstić information content (AvgIpc) is 2.36. The first-order valence-electron chi connectivity index (χ1n) is 4.99. The summed E-state index contributed by atoms with van der Waals surface area (Å²) in [7, 11) is 0. The molecule has 1 aromatic heterocycles. The van der Waals surface area contributed by atoms with Crippen molar-refractivity contribution in [1.29, 1.82) is 0 Å². The van der Waals surface area contributed by atoms with Crippen molar-refractivity contribution < 1.29 is 8.78 Å². The normalized spacial score (nSPS) is 18.5. The molecule has 0 bridgehead atoms. The Kier molecular flexibility index (Phi) is 3.02. The molecule has 1 aromatic rings. The number of hydrogen-bond acceptors (Lipinski definition) is 3. The Morgan fingerprint density at radius 1 is 1.47 bits per heavy atom. The van der Waals surface area contributed by atoms with Crippen LogP contribution in [-0.2, 0) is 6.54 Å². The summed E-state index contributed by atoms with van der Waals surface area (Å²) in [6, 6.07) is 0. The molecule has 15 heavy (non-hydrogen) atoms. The number of thiazole rings is 1. The lowest BCUT2D eigenvalue weighted by Gasteiger charge is -2.38. The van der Waals surface area contributed by atoms with Crippen LogP contribution in [0, 0.1) is 19.8 Å². The number of halogens is 2. The van der Waals surface area contributed by atoms with Gasteiger partial charge >= 0.3 is 0 Å². The maximum atomic E-state index is 12.2. The SMILES string of the molecule is Cc1nc(C)c(CN2CC(C(F)F)C2)s1. The van der Waals surface area contributed by atoms with Crippen LogP contribution in [0.1, 0.15) is 15.6 Å². The van der Waals surface area contributed by atoms with Crippen molar-refractivity contribution in [3.63, 3.8) is 0 Å². The molecule has 0 radical (unpaired) electrons. The highest BCUT2D eigenvalue weighted by atomic mass is 32.1. The second-order valence-electron chi connectivity index (χ2n) is 4.03. The van der Waals surface area contributed by atoms with E-state index in [2.05, 4.69) is 9.88 Å². The highest BCUT2D eigenvalue weighted by molar-refractivity contribution is 7.11. The molecule has 0 unspecified atom stereocenters. The van der Waals surface area contributed by atoms with Gasteiger partial charge < -0.3 is 0 Å². The molecule has 2 heterocycles. The van der Waals surface area contributed by atoms with E-state index in [9.17, 15) is 8.78 Å². The zero-order chi connectivity index (χ0) is 11.0. The first kappa shape index (κ1) is 11.0. The molecule has 0 amide bonds. The molecule has 2 rings (SSSR count). The van der Waals surface area contributed by atoms with Crippen LogP contribution < -0.4 is 0 Å². The summed E-state index contributed by atoms with van der Waals surface area (Å²) in [4.78, 5) is 7.58. The van der Waals surface area contributed by atoms with E-state index in [4.69, 9.17) is 0 Å². The summed E-state index contributed by atoms with van der Waals surface area (Å²) in [5.74, 6) is -0.417. The zero-order valence-corrected chi connectivity index (χ0v) is 9.65. The van der Waals surface area contributed by atoms with E-state index >= 15 is 0 Å². The van der Waals surface area contributed by atoms with Gasteiger partial charge in [0, 0.05) is 30.4 Å². The highest BCUT2D eigenvalue weighted by Gasteiger charge is 2.33. The van der Waals surface area contributed by atoms with E-state index in [1.807, 2.05) is 13.8 Å². The first-order valence-corrected chi connectivity index (χ1v) is 5.81. The van der Waals surface area contributed by atoms with Gasteiger partial charge in [0.25, 0.3) is 0 Å². The van der Waals surface area contributed by atoms with Gasteiger partial charge in [-0.25, -0.2) is 13.8 Å². The topological polar surface area (TPSA) is 16.1 Å². The number of alkyl halides is 2. The summed E-state index contributed by atoms with van der Waals surface area (Å²) in [5.41, 5.74) is 1.04. The molecule has 0 saturated carbocycles. The largest absolute Gasteiger partial charge is 0.297 e. The van der Waals surface area contributed by atoms with E-state index in [1.54, 1.807) is 11.3 Å². The predicted molar refractivity (Wildman–Crippen MR) is 56.4 cm³/mol. The zero-order valence-electron chi connectivity index (χ0n) is 8.83. The Bertz CT molecular complexity index is 345. The Hall–Kier alpha value is -0.550. The van der Waals surface area contributed by atoms with Gasteiger partial charge in [0.1, 0.15) is 0 Å². The fraction of sp³-hybridized carbons (Fsp3) is 0.700. The summed E-state index contributed by atoms with van der Waals surface area (Å²) in [5, 5.41) is 1.05. The lowest BCUT2D eigenvalue weighted by atomic mass is 10.0. The molecule has 1 aliphatic rings. The van der Waals surface area contributed by atoms with Gasteiger partial charge in [-0.2, -0.15) is 0 Å². The smallest absolute Gasteiger partial charge is 0.243 e. The molecular formula is C10H14F2N2S. The molecule has 0 aromatic carbocycles. The second kappa shape index (κ2) is 4.14. The van der Waals surface area contributed by atoms with Crippen molar-refractivity contribution in [2.75, 3.05) is 13.1 Å². The van der Waals surface area contributed by atoms with Gasteiger partial charge in [-0.05, 0) is 13.8 Å². The summed E-state index contributed by atoms with van der Waals surface area (Å²) >= 11 is 1.66. The quantitative estimate of drug-likeness (QED) is 0.795. The van der Waals surface area contributed by atoms with Crippen LogP contribution in [0.3, 0.4) is 0 Å². The number of hydrogen-bond donors (Lipinski definition) is 0. The maximum Gasteiger partial charge on any atom is 0.243 e. The highest BCUT2D eigenvalue weighted by Crippen LogP contribution is 2.27. The minimum absolute atomic E-state index is 0.417. The van der Waals surface area contributed by atoms with Crippen molar-refractivity contribution in [3.8, 4) is 0 Å². The molecule has 84 valence electrons. The number of nitrogens with zero attached hydrogens (tertiary/aromatic N) is 2. The van der Waals surface area contributed by atoms with Gasteiger partial charge in [-0.1, -0.05) is 0 Å². The summed E-state index contributed by atoms with van der Waals surface area (Å²) in [6.45, 7) is 5.77. The monoisotopic (exact) mass is 232 g/mol. The van der Waals surface area contributed by atoms with Crippen molar-refractivity contribution in [2.24, 2.45) is 5.92 Å². The van der Waals surface area contributed by atoms with E-state index in [0.717, 1.165) is 17.2 Å². The molecule has 1 aliphatic heterocycles. The Labute approximate surface area is 91.9 Å². The molecule has 5 heteroatoms. The lowest BCUT2D eigenvalue weighted by Crippen LogP contribution is -2.49. The Morgan fingerprint density at radius 2 is 2.13 bits per heavy atom. The second-order valence-corrected chi connectivity index (χ2v) is 5.32. The average molecular weight is 232 g/mol. The molecular weight excluding hydrogens is 218 g/mol. The van der Waals surface area contributed by atoms with Gasteiger partial charge in [0.15, 0.2) is 0 Å². The van der Waals surface area contributed by atoms with Crippen LogP contribution in [0.25, 0.3) is 0 Å². The third-order valence-corrected chi connectivity index (χ3v) is 3.77. The number of rotatable bonds is 3. The van der Waals surface area contributed by atoms with Gasteiger partial charge in [-0.15, -0.1) is 11.3 Å². The Balaban J connectivity index is 1.87. The summed E-state index contributed by atoms with van der Waals surface area (Å²) < 4.78 is 24.5. The standard InChI is InChI=1S/C10H14F2N2S/c1-6-9(15-7(2)13-6)5-14-3-8(4-14)10(11)12/h8,10H,3-5H2,1-2H3. The number of likely N-dealkylation sites (tertiary alicyclic amines) is 1. The van der Waals surface area contributed by atoms with Crippen LogP contribution in [0.2, 0.25) is 0 Å². The maximum absolute atomic E-state index is 12.2. The summed E-state index contributed by atoms with van der Waals surface area (Å²) in [6.07, 6.45) is -2.16. The fourth-order valence-corrected chi connectivity index (χ4v) is 2.80. The van der Waals surface area contributed by atoms with Gasteiger partial charge in [-0.3, -0.25) is 4.90 Å². The van der Waals surface area contributed by atoms with Crippen molar-refractivity contribution in [1.82, 2.24) is 9.88 Å². The molecule has 0 spiro atoms. The van der Waals surface area contributed by atoms with Crippen molar-refractivity contribution in [2.45, 2.75) is 26.8 Å². The van der Waals surface area contributed by atoms with Crippen LogP contribution >= 0.6 is 11.3 Å². The first-order chi connectivity index (χ1) is 7.06. The van der Waals surface area contributed by atoms with Crippen LogP contribution in [0.15, 0.2) is 0 Å². The van der Waals surface area contributed by atoms with Crippen molar-refractivity contribution >= 4 is 11.3 Å². The number of aryl methyl sites for hydroxylation is 2.